The maximum absolute atomic E-state index is 13.2. The molecule has 0 aliphatic heterocycles. The molecule has 30 heavy (non-hydrogen) atoms. The number of halogens is 1. The van der Waals surface area contributed by atoms with Gasteiger partial charge in [-0.1, -0.05) is 29.3 Å². The van der Waals surface area contributed by atoms with Crippen LogP contribution >= 0.6 is 15.9 Å². The molecule has 0 aliphatic carbocycles. The molecule has 0 fully saturated rings. The van der Waals surface area contributed by atoms with Crippen LogP contribution in [0.3, 0.4) is 0 Å². The number of fused-ring (bicyclic) bond motifs is 1. The molecular formula is C22H24BrN3O4. The summed E-state index contributed by atoms with van der Waals surface area (Å²) in [5.74, 6) is 2.26. The van der Waals surface area contributed by atoms with E-state index in [9.17, 15) is 4.79 Å². The van der Waals surface area contributed by atoms with Crippen LogP contribution < -0.4 is 19.8 Å². The fraction of sp³-hybridized carbons (Fsp3) is 0.318. The molecule has 0 radical (unpaired) electrons. The van der Waals surface area contributed by atoms with Gasteiger partial charge in [-0.05, 0) is 30.7 Å². The molecule has 0 atom stereocenters. The fourth-order valence-corrected chi connectivity index (χ4v) is 3.45. The Balaban J connectivity index is 2.15. The molecule has 0 N–H and O–H groups in total. The van der Waals surface area contributed by atoms with Gasteiger partial charge in [-0.15, -0.1) is 0 Å². The van der Waals surface area contributed by atoms with Crippen molar-refractivity contribution in [2.24, 2.45) is 5.10 Å². The second kappa shape index (κ2) is 9.75. The third kappa shape index (κ3) is 4.48. The third-order valence-corrected chi connectivity index (χ3v) is 5.17. The summed E-state index contributed by atoms with van der Waals surface area (Å²) in [5, 5.41) is 4.97. The minimum absolute atomic E-state index is 0.219. The zero-order chi connectivity index (χ0) is 21.7. The summed E-state index contributed by atoms with van der Waals surface area (Å²) < 4.78 is 18.3. The van der Waals surface area contributed by atoms with Gasteiger partial charge in [0, 0.05) is 22.5 Å². The Morgan fingerprint density at radius 3 is 2.43 bits per heavy atom. The maximum atomic E-state index is 13.2. The number of aryl methyl sites for hydroxylation is 1. The Bertz CT molecular complexity index is 1140. The average molecular weight is 474 g/mol. The van der Waals surface area contributed by atoms with Crippen LogP contribution in [0, 0.1) is 0 Å². The first-order chi connectivity index (χ1) is 14.5. The summed E-state index contributed by atoms with van der Waals surface area (Å²) in [6, 6.07) is 8.94. The summed E-state index contributed by atoms with van der Waals surface area (Å²) in [6.45, 7) is 2.10. The van der Waals surface area contributed by atoms with Gasteiger partial charge in [0.2, 0.25) is 0 Å². The normalized spacial score (nSPS) is 11.2. The first kappa shape index (κ1) is 21.8. The summed E-state index contributed by atoms with van der Waals surface area (Å²) in [5.41, 5.74) is 1.09. The van der Waals surface area contributed by atoms with E-state index in [-0.39, 0.29) is 5.56 Å². The summed E-state index contributed by atoms with van der Waals surface area (Å²) >= 11 is 3.42. The molecular weight excluding hydrogens is 450 g/mol. The van der Waals surface area contributed by atoms with E-state index in [4.69, 9.17) is 14.2 Å². The highest BCUT2D eigenvalue weighted by Crippen LogP contribution is 2.33. The molecule has 3 rings (SSSR count). The highest BCUT2D eigenvalue weighted by Gasteiger charge is 2.13. The van der Waals surface area contributed by atoms with E-state index in [1.165, 1.54) is 4.68 Å². The number of benzene rings is 2. The van der Waals surface area contributed by atoms with Gasteiger partial charge < -0.3 is 14.2 Å². The van der Waals surface area contributed by atoms with E-state index < -0.39 is 0 Å². The molecule has 0 saturated heterocycles. The second-order valence-electron chi connectivity index (χ2n) is 6.60. The molecule has 158 valence electrons. The lowest BCUT2D eigenvalue weighted by Gasteiger charge is -2.12. The summed E-state index contributed by atoms with van der Waals surface area (Å²) in [4.78, 5) is 17.9. The smallest absolute Gasteiger partial charge is 0.282 e. The lowest BCUT2D eigenvalue weighted by molar-refractivity contribution is 0.349. The predicted octanol–water partition coefficient (Wildman–Crippen LogP) is 4.41. The minimum atomic E-state index is -0.219. The van der Waals surface area contributed by atoms with E-state index in [0.717, 1.165) is 17.3 Å². The lowest BCUT2D eigenvalue weighted by Crippen LogP contribution is -2.22. The van der Waals surface area contributed by atoms with Crippen molar-refractivity contribution in [3.05, 3.63) is 56.5 Å². The number of aromatic nitrogens is 2. The molecule has 0 bridgehead atoms. The SMILES string of the molecule is CCCCc1nc2ccc(Br)cc2c(=O)n1N=Cc1cc(OC)c(OC)cc1OC. The molecule has 2 aromatic carbocycles. The number of unbranched alkanes of at least 4 members (excludes halogenated alkanes) is 1. The van der Waals surface area contributed by atoms with Crippen LogP contribution in [0.5, 0.6) is 17.2 Å². The van der Waals surface area contributed by atoms with E-state index in [1.807, 2.05) is 12.1 Å². The standard InChI is InChI=1S/C22H24BrN3O4/c1-5-6-7-21-25-17-9-8-15(23)11-16(17)22(27)26(21)24-13-14-10-19(29-3)20(30-4)12-18(14)28-2/h8-13H,5-7H2,1-4H3. The van der Waals surface area contributed by atoms with E-state index in [0.29, 0.717) is 46.0 Å². The van der Waals surface area contributed by atoms with Crippen LogP contribution in [0.1, 0.15) is 31.2 Å². The number of nitrogens with zero attached hydrogens (tertiary/aromatic N) is 3. The van der Waals surface area contributed by atoms with Gasteiger partial charge in [0.15, 0.2) is 11.5 Å². The lowest BCUT2D eigenvalue weighted by atomic mass is 10.2. The molecule has 0 spiro atoms. The number of rotatable bonds is 8. The number of ether oxygens (including phenoxy) is 3. The van der Waals surface area contributed by atoms with E-state index in [1.54, 1.807) is 45.7 Å². The number of hydrogen-bond donors (Lipinski definition) is 0. The fourth-order valence-electron chi connectivity index (χ4n) is 3.08. The first-order valence-electron chi connectivity index (χ1n) is 9.57. The van der Waals surface area contributed by atoms with Gasteiger partial charge >= 0.3 is 0 Å². The second-order valence-corrected chi connectivity index (χ2v) is 7.52. The van der Waals surface area contributed by atoms with Crippen LogP contribution in [-0.2, 0) is 6.42 Å². The van der Waals surface area contributed by atoms with Gasteiger partial charge in [0.25, 0.3) is 5.56 Å². The quantitative estimate of drug-likeness (QED) is 0.453. The molecule has 7 nitrogen and oxygen atoms in total. The van der Waals surface area contributed by atoms with E-state index in [2.05, 4.69) is 32.9 Å². The maximum Gasteiger partial charge on any atom is 0.282 e. The molecule has 8 heteroatoms. The van der Waals surface area contributed by atoms with Gasteiger partial charge in [-0.2, -0.15) is 9.78 Å². The predicted molar refractivity (Wildman–Crippen MR) is 121 cm³/mol. The van der Waals surface area contributed by atoms with Crippen LogP contribution in [0.15, 0.2) is 44.7 Å². The zero-order valence-corrected chi connectivity index (χ0v) is 19.0. The zero-order valence-electron chi connectivity index (χ0n) is 17.4. The molecule has 0 unspecified atom stereocenters. The van der Waals surface area contributed by atoms with Crippen molar-refractivity contribution in [2.45, 2.75) is 26.2 Å². The highest BCUT2D eigenvalue weighted by molar-refractivity contribution is 9.10. The molecule has 1 heterocycles. The number of hydrogen-bond acceptors (Lipinski definition) is 6. The largest absolute Gasteiger partial charge is 0.496 e. The van der Waals surface area contributed by atoms with Crippen LogP contribution in [0.2, 0.25) is 0 Å². The molecule has 0 amide bonds. The Labute approximate surface area is 183 Å². The first-order valence-corrected chi connectivity index (χ1v) is 10.4. The Morgan fingerprint density at radius 2 is 1.77 bits per heavy atom. The minimum Gasteiger partial charge on any atom is -0.496 e. The molecule has 0 saturated carbocycles. The van der Waals surface area contributed by atoms with E-state index >= 15 is 0 Å². The van der Waals surface area contributed by atoms with Crippen LogP contribution in [0.4, 0.5) is 0 Å². The Kier molecular flexibility index (Phi) is 7.10. The van der Waals surface area contributed by atoms with Crippen molar-refractivity contribution in [3.8, 4) is 17.2 Å². The average Bonchev–Trinajstić information content (AvgIpc) is 2.76. The Morgan fingerprint density at radius 1 is 1.07 bits per heavy atom. The molecule has 0 aliphatic rings. The number of methoxy groups -OCH3 is 3. The highest BCUT2D eigenvalue weighted by atomic mass is 79.9. The van der Waals surface area contributed by atoms with Crippen LogP contribution in [0.25, 0.3) is 10.9 Å². The van der Waals surface area contributed by atoms with Crippen LogP contribution in [-0.4, -0.2) is 37.2 Å². The van der Waals surface area contributed by atoms with Crippen molar-refractivity contribution < 1.29 is 14.2 Å². The van der Waals surface area contributed by atoms with Gasteiger partial charge in [-0.3, -0.25) is 4.79 Å². The van der Waals surface area contributed by atoms with Crippen molar-refractivity contribution in [3.63, 3.8) is 0 Å². The van der Waals surface area contributed by atoms with Gasteiger partial charge in [-0.25, -0.2) is 4.98 Å². The van der Waals surface area contributed by atoms with Crippen molar-refractivity contribution >= 4 is 33.0 Å². The van der Waals surface area contributed by atoms with Crippen molar-refractivity contribution in [1.29, 1.82) is 0 Å². The van der Waals surface area contributed by atoms with Gasteiger partial charge in [0.1, 0.15) is 11.6 Å². The monoisotopic (exact) mass is 473 g/mol. The van der Waals surface area contributed by atoms with Crippen molar-refractivity contribution in [1.82, 2.24) is 9.66 Å². The third-order valence-electron chi connectivity index (χ3n) is 4.68. The summed E-state index contributed by atoms with van der Waals surface area (Å²) in [6.07, 6.45) is 4.12. The van der Waals surface area contributed by atoms with Crippen molar-refractivity contribution in [2.75, 3.05) is 21.3 Å². The summed E-state index contributed by atoms with van der Waals surface area (Å²) in [7, 11) is 4.68. The topological polar surface area (TPSA) is 74.9 Å². The molecule has 1 aromatic heterocycles. The molecule has 3 aromatic rings. The Hall–Kier alpha value is -2.87. The van der Waals surface area contributed by atoms with Gasteiger partial charge in [0.05, 0.1) is 38.4 Å².